The van der Waals surface area contributed by atoms with Gasteiger partial charge in [-0.3, -0.25) is 24.3 Å². The number of carbonyl (C=O) groups excluding carboxylic acids is 3. The molecule has 2 fully saturated rings. The fourth-order valence-corrected chi connectivity index (χ4v) is 3.54. The second-order valence-electron chi connectivity index (χ2n) is 6.16. The van der Waals surface area contributed by atoms with Crippen LogP contribution in [0, 0.1) is 11.8 Å². The number of nitrogens with zero attached hydrogens (tertiary/aromatic N) is 4. The molecule has 0 radical (unpaired) electrons. The van der Waals surface area contributed by atoms with E-state index in [1.165, 1.54) is 23.5 Å². The van der Waals surface area contributed by atoms with Gasteiger partial charge in [0.1, 0.15) is 5.69 Å². The number of amides is 3. The average Bonchev–Trinajstić information content (AvgIpc) is 2.80. The van der Waals surface area contributed by atoms with Gasteiger partial charge >= 0.3 is 0 Å². The summed E-state index contributed by atoms with van der Waals surface area (Å²) in [6, 6.07) is -0.207. The predicted octanol–water partition coefficient (Wildman–Crippen LogP) is 0.252. The minimum absolute atomic E-state index is 0.0825. The first-order valence-electron chi connectivity index (χ1n) is 7.74. The van der Waals surface area contributed by atoms with Crippen molar-refractivity contribution in [2.45, 2.75) is 18.9 Å². The molecular formula is C16H16N4O3. The van der Waals surface area contributed by atoms with Crippen molar-refractivity contribution in [2.75, 3.05) is 13.1 Å². The monoisotopic (exact) mass is 312 g/mol. The van der Waals surface area contributed by atoms with Gasteiger partial charge in [-0.2, -0.15) is 0 Å². The van der Waals surface area contributed by atoms with Crippen molar-refractivity contribution in [3.8, 4) is 0 Å². The van der Waals surface area contributed by atoms with Crippen LogP contribution in [0.15, 0.2) is 30.7 Å². The zero-order valence-electron chi connectivity index (χ0n) is 12.5. The number of rotatable bonds is 2. The van der Waals surface area contributed by atoms with Gasteiger partial charge in [0.2, 0.25) is 11.8 Å². The first kappa shape index (κ1) is 14.0. The maximum atomic E-state index is 12.5. The molecule has 3 aliphatic rings. The summed E-state index contributed by atoms with van der Waals surface area (Å²) in [5.74, 6) is -0.802. The zero-order valence-corrected chi connectivity index (χ0v) is 12.5. The molecule has 3 heterocycles. The van der Waals surface area contributed by atoms with E-state index in [0.717, 1.165) is 0 Å². The van der Waals surface area contributed by atoms with Crippen molar-refractivity contribution in [1.82, 2.24) is 19.8 Å². The fraction of sp³-hybridized carbons (Fsp3) is 0.438. The molecule has 2 saturated heterocycles. The van der Waals surface area contributed by atoms with E-state index in [1.54, 1.807) is 4.90 Å². The van der Waals surface area contributed by atoms with Gasteiger partial charge < -0.3 is 4.90 Å². The van der Waals surface area contributed by atoms with Gasteiger partial charge in [0.25, 0.3) is 5.91 Å². The van der Waals surface area contributed by atoms with E-state index in [4.69, 9.17) is 0 Å². The van der Waals surface area contributed by atoms with Crippen LogP contribution < -0.4 is 0 Å². The number of allylic oxidation sites excluding steroid dienone is 2. The molecule has 2 atom stereocenters. The third kappa shape index (κ3) is 2.15. The SMILES string of the molecule is O=C(c1cnccn1)N1CC(N2C(=O)C3CC=CCC3C2=O)C1. The summed E-state index contributed by atoms with van der Waals surface area (Å²) < 4.78 is 0. The van der Waals surface area contributed by atoms with Gasteiger partial charge in [0.05, 0.1) is 24.1 Å². The van der Waals surface area contributed by atoms with Crippen molar-refractivity contribution in [1.29, 1.82) is 0 Å². The molecule has 0 saturated carbocycles. The number of imide groups is 1. The van der Waals surface area contributed by atoms with Crippen LogP contribution in [0.1, 0.15) is 23.3 Å². The second kappa shape index (κ2) is 5.26. The van der Waals surface area contributed by atoms with Crippen LogP contribution in [-0.4, -0.2) is 56.6 Å². The molecule has 1 aromatic rings. The minimum atomic E-state index is -0.215. The largest absolute Gasteiger partial charge is 0.333 e. The van der Waals surface area contributed by atoms with Crippen molar-refractivity contribution >= 4 is 17.7 Å². The number of hydrogen-bond donors (Lipinski definition) is 0. The maximum absolute atomic E-state index is 12.5. The molecule has 0 N–H and O–H groups in total. The molecule has 2 unspecified atom stereocenters. The van der Waals surface area contributed by atoms with Gasteiger partial charge in [0.15, 0.2) is 0 Å². The molecule has 2 aliphatic heterocycles. The van der Waals surface area contributed by atoms with E-state index in [-0.39, 0.29) is 41.3 Å². The van der Waals surface area contributed by atoms with Crippen LogP contribution >= 0.6 is 0 Å². The summed E-state index contributed by atoms with van der Waals surface area (Å²) in [5, 5.41) is 0. The molecule has 4 rings (SSSR count). The lowest BCUT2D eigenvalue weighted by Gasteiger charge is -2.42. The normalized spacial score (nSPS) is 27.1. The molecule has 1 aromatic heterocycles. The lowest BCUT2D eigenvalue weighted by atomic mass is 9.85. The Morgan fingerprint density at radius 3 is 2.26 bits per heavy atom. The number of fused-ring (bicyclic) bond motifs is 1. The minimum Gasteiger partial charge on any atom is -0.333 e. The molecule has 3 amide bonds. The predicted molar refractivity (Wildman–Crippen MR) is 78.9 cm³/mol. The number of aromatic nitrogens is 2. The Morgan fingerprint density at radius 2 is 1.70 bits per heavy atom. The average molecular weight is 312 g/mol. The number of hydrogen-bond acceptors (Lipinski definition) is 5. The standard InChI is InChI=1S/C16H16N4O3/c21-14-11-3-1-2-4-12(11)15(22)20(14)10-8-19(9-10)16(23)13-7-17-5-6-18-13/h1-2,5-7,10-12H,3-4,8-9H2. The highest BCUT2D eigenvalue weighted by atomic mass is 16.2. The van der Waals surface area contributed by atoms with Crippen LogP contribution in [0.2, 0.25) is 0 Å². The van der Waals surface area contributed by atoms with Crippen LogP contribution in [0.4, 0.5) is 0 Å². The topological polar surface area (TPSA) is 83.5 Å². The second-order valence-corrected chi connectivity index (χ2v) is 6.16. The van der Waals surface area contributed by atoms with Crippen molar-refractivity contribution in [2.24, 2.45) is 11.8 Å². The van der Waals surface area contributed by atoms with E-state index >= 15 is 0 Å². The summed E-state index contributed by atoms with van der Waals surface area (Å²) in [6.45, 7) is 0.750. The lowest BCUT2D eigenvalue weighted by Crippen LogP contribution is -2.62. The zero-order chi connectivity index (χ0) is 16.0. The van der Waals surface area contributed by atoms with Gasteiger partial charge in [-0.1, -0.05) is 12.2 Å². The smallest absolute Gasteiger partial charge is 0.274 e. The van der Waals surface area contributed by atoms with Gasteiger partial charge in [-0.15, -0.1) is 0 Å². The molecular weight excluding hydrogens is 296 g/mol. The first-order chi connectivity index (χ1) is 11.2. The Hall–Kier alpha value is -2.57. The molecule has 0 aromatic carbocycles. The summed E-state index contributed by atoms with van der Waals surface area (Å²) in [6.07, 6.45) is 9.62. The molecule has 7 nitrogen and oxygen atoms in total. The van der Waals surface area contributed by atoms with E-state index in [2.05, 4.69) is 9.97 Å². The summed E-state index contributed by atoms with van der Waals surface area (Å²) in [4.78, 5) is 48.0. The maximum Gasteiger partial charge on any atom is 0.274 e. The van der Waals surface area contributed by atoms with Crippen LogP contribution in [0.5, 0.6) is 0 Å². The Morgan fingerprint density at radius 1 is 1.04 bits per heavy atom. The van der Waals surface area contributed by atoms with Crippen molar-refractivity contribution in [3.05, 3.63) is 36.4 Å². The molecule has 23 heavy (non-hydrogen) atoms. The Kier molecular flexibility index (Phi) is 3.21. The van der Waals surface area contributed by atoms with E-state index in [0.29, 0.717) is 25.9 Å². The van der Waals surface area contributed by atoms with Crippen LogP contribution in [0.3, 0.4) is 0 Å². The number of likely N-dealkylation sites (tertiary alicyclic amines) is 2. The molecule has 7 heteroatoms. The summed E-state index contributed by atoms with van der Waals surface area (Å²) in [5.41, 5.74) is 0.280. The third-order valence-electron chi connectivity index (χ3n) is 4.84. The van der Waals surface area contributed by atoms with E-state index in [1.807, 2.05) is 12.2 Å². The number of carbonyl (C=O) groups is 3. The van der Waals surface area contributed by atoms with Gasteiger partial charge in [-0.25, -0.2) is 4.98 Å². The van der Waals surface area contributed by atoms with Crippen molar-refractivity contribution in [3.63, 3.8) is 0 Å². The lowest BCUT2D eigenvalue weighted by molar-refractivity contribution is -0.145. The quantitative estimate of drug-likeness (QED) is 0.577. The Bertz CT molecular complexity index is 671. The Labute approximate surface area is 133 Å². The van der Waals surface area contributed by atoms with Crippen LogP contribution in [0.25, 0.3) is 0 Å². The molecule has 0 bridgehead atoms. The Balaban J connectivity index is 1.43. The van der Waals surface area contributed by atoms with Gasteiger partial charge in [-0.05, 0) is 12.8 Å². The highest BCUT2D eigenvalue weighted by Gasteiger charge is 2.52. The summed E-state index contributed by atoms with van der Waals surface area (Å²) in [7, 11) is 0. The van der Waals surface area contributed by atoms with Gasteiger partial charge in [0, 0.05) is 25.5 Å². The molecule has 1 aliphatic carbocycles. The van der Waals surface area contributed by atoms with Crippen molar-refractivity contribution < 1.29 is 14.4 Å². The third-order valence-corrected chi connectivity index (χ3v) is 4.84. The van der Waals surface area contributed by atoms with Crippen LogP contribution in [-0.2, 0) is 9.59 Å². The van der Waals surface area contributed by atoms with E-state index in [9.17, 15) is 14.4 Å². The highest BCUT2D eigenvalue weighted by Crippen LogP contribution is 2.37. The highest BCUT2D eigenvalue weighted by molar-refractivity contribution is 6.06. The summed E-state index contributed by atoms with van der Waals surface area (Å²) >= 11 is 0. The first-order valence-corrected chi connectivity index (χ1v) is 7.74. The molecule has 0 spiro atoms. The van der Waals surface area contributed by atoms with E-state index < -0.39 is 0 Å². The molecule has 118 valence electrons. The fourth-order valence-electron chi connectivity index (χ4n) is 3.54.